The van der Waals surface area contributed by atoms with Crippen LogP contribution in [0.2, 0.25) is 0 Å². The van der Waals surface area contributed by atoms with E-state index < -0.39 is 18.4 Å². The first-order valence-corrected chi connectivity index (χ1v) is 6.16. The van der Waals surface area contributed by atoms with Crippen molar-refractivity contribution in [2.75, 3.05) is 0 Å². The van der Waals surface area contributed by atoms with Crippen LogP contribution in [0.15, 0.2) is 52.8 Å². The van der Waals surface area contributed by atoms with Crippen LogP contribution in [0.3, 0.4) is 0 Å². The summed E-state index contributed by atoms with van der Waals surface area (Å²) in [6.45, 7) is 0. The normalized spacial score (nSPS) is 27.1. The number of ketones is 1. The number of hydrogen-bond acceptors (Lipinski definition) is 3. The summed E-state index contributed by atoms with van der Waals surface area (Å²) in [6.07, 6.45) is 5.71. The summed E-state index contributed by atoms with van der Waals surface area (Å²) in [5.41, 5.74) is 1.48. The second-order valence-electron chi connectivity index (χ2n) is 4.82. The van der Waals surface area contributed by atoms with Crippen LogP contribution in [0.25, 0.3) is 0 Å². The van der Waals surface area contributed by atoms with E-state index in [-0.39, 0.29) is 17.7 Å². The van der Waals surface area contributed by atoms with E-state index in [0.29, 0.717) is 5.70 Å². The smallest absolute Gasteiger partial charge is 0.346 e. The van der Waals surface area contributed by atoms with E-state index in [2.05, 4.69) is 10.3 Å². The Hall–Kier alpha value is -2.11. The molecule has 6 heteroatoms. The van der Waals surface area contributed by atoms with Crippen LogP contribution in [0.4, 0.5) is 13.2 Å². The van der Waals surface area contributed by atoms with Gasteiger partial charge in [0.25, 0.3) is 0 Å². The summed E-state index contributed by atoms with van der Waals surface area (Å²) in [5.74, 6) is -1.58. The number of allylic oxidation sites excluding steroid dienone is 6. The quantitative estimate of drug-likeness (QED) is 0.845. The second-order valence-corrected chi connectivity index (χ2v) is 4.82. The molecule has 104 valence electrons. The maximum absolute atomic E-state index is 12.3. The van der Waals surface area contributed by atoms with E-state index in [1.165, 1.54) is 0 Å². The van der Waals surface area contributed by atoms with E-state index in [1.807, 2.05) is 24.3 Å². The molecule has 2 atom stereocenters. The molecule has 0 fully saturated rings. The molecule has 0 aromatic carbocycles. The summed E-state index contributed by atoms with van der Waals surface area (Å²) < 4.78 is 36.9. The number of nitrogens with one attached hydrogen (secondary N) is 1. The van der Waals surface area contributed by atoms with Gasteiger partial charge in [-0.05, 0) is 12.2 Å². The molecule has 3 nitrogen and oxygen atoms in total. The first-order valence-electron chi connectivity index (χ1n) is 6.16. The second kappa shape index (κ2) is 4.47. The van der Waals surface area contributed by atoms with Crippen LogP contribution < -0.4 is 5.32 Å². The Morgan fingerprint density at radius 3 is 2.65 bits per heavy atom. The molecular weight excluding hydrogens is 269 g/mol. The molecule has 0 bridgehead atoms. The number of rotatable bonds is 2. The van der Waals surface area contributed by atoms with Gasteiger partial charge in [-0.1, -0.05) is 24.3 Å². The number of aliphatic imine (C=N–C) groups is 1. The summed E-state index contributed by atoms with van der Waals surface area (Å²) in [4.78, 5) is 15.2. The van der Waals surface area contributed by atoms with Crippen molar-refractivity contribution in [3.63, 3.8) is 0 Å². The molecule has 0 saturated carbocycles. The highest BCUT2D eigenvalue weighted by Gasteiger charge is 2.40. The molecule has 0 aromatic rings. The molecular formula is C14H11F3N2O. The molecule has 0 radical (unpaired) electrons. The third kappa shape index (κ3) is 2.21. The van der Waals surface area contributed by atoms with Crippen molar-refractivity contribution >= 4 is 11.6 Å². The van der Waals surface area contributed by atoms with Crippen molar-refractivity contribution in [3.8, 4) is 0 Å². The van der Waals surface area contributed by atoms with Crippen molar-refractivity contribution in [1.29, 1.82) is 0 Å². The molecule has 2 aliphatic carbocycles. The Balaban J connectivity index is 1.88. The molecule has 1 heterocycles. The molecule has 0 amide bonds. The molecule has 2 unspecified atom stereocenters. The molecule has 1 N–H and O–H groups in total. The van der Waals surface area contributed by atoms with Crippen LogP contribution in [0.1, 0.15) is 6.42 Å². The molecule has 1 aliphatic heterocycles. The van der Waals surface area contributed by atoms with Gasteiger partial charge >= 0.3 is 6.18 Å². The predicted molar refractivity (Wildman–Crippen MR) is 67.7 cm³/mol. The molecule has 3 aliphatic rings. The Kier molecular flexibility index (Phi) is 2.88. The molecule has 0 spiro atoms. The van der Waals surface area contributed by atoms with E-state index in [9.17, 15) is 18.0 Å². The lowest BCUT2D eigenvalue weighted by atomic mass is 9.79. The van der Waals surface area contributed by atoms with Crippen LogP contribution in [-0.2, 0) is 4.79 Å². The number of Topliss-reactive ketones (excluding diaryl/α,β-unsaturated/α-hetero) is 1. The highest BCUT2D eigenvalue weighted by atomic mass is 19.4. The van der Waals surface area contributed by atoms with E-state index in [0.717, 1.165) is 5.70 Å². The summed E-state index contributed by atoms with van der Waals surface area (Å²) in [5, 5.41) is 2.85. The van der Waals surface area contributed by atoms with E-state index >= 15 is 0 Å². The van der Waals surface area contributed by atoms with Crippen molar-refractivity contribution in [3.05, 3.63) is 47.9 Å². The highest BCUT2D eigenvalue weighted by molar-refractivity contribution is 6.04. The first kappa shape index (κ1) is 12.9. The van der Waals surface area contributed by atoms with Gasteiger partial charge in [0.1, 0.15) is 5.84 Å². The van der Waals surface area contributed by atoms with Crippen LogP contribution in [-0.4, -0.2) is 17.8 Å². The number of alkyl halides is 3. The maximum Gasteiger partial charge on any atom is 0.450 e. The molecule has 0 saturated heterocycles. The minimum Gasteiger partial charge on any atom is -0.346 e. The zero-order valence-corrected chi connectivity index (χ0v) is 10.3. The van der Waals surface area contributed by atoms with Gasteiger partial charge in [0.15, 0.2) is 0 Å². The number of nitrogens with zero attached hydrogens (tertiary/aromatic N) is 1. The van der Waals surface area contributed by atoms with Crippen molar-refractivity contribution < 1.29 is 18.0 Å². The van der Waals surface area contributed by atoms with Crippen molar-refractivity contribution in [2.24, 2.45) is 16.8 Å². The standard InChI is InChI=1S/C14H11F3N2O/c15-14(16,17)11(20)7-12-18-9-5-1-3-8-4-2-6-10(19-12)13(8)9/h1-6,8,13H,7H2,(H,18,19). The third-order valence-electron chi connectivity index (χ3n) is 3.44. The highest BCUT2D eigenvalue weighted by Crippen LogP contribution is 2.38. The fraction of sp³-hybridized carbons (Fsp3) is 0.286. The SMILES string of the molecule is O=C(CC1=NC2=CC=CC3C=CC=C(N1)C23)C(F)(F)F. The minimum atomic E-state index is -4.83. The molecule has 20 heavy (non-hydrogen) atoms. The van der Waals surface area contributed by atoms with Gasteiger partial charge in [-0.15, -0.1) is 0 Å². The summed E-state index contributed by atoms with van der Waals surface area (Å²) >= 11 is 0. The van der Waals surface area contributed by atoms with Crippen molar-refractivity contribution in [2.45, 2.75) is 12.6 Å². The average Bonchev–Trinajstić information content (AvgIpc) is 2.38. The summed E-state index contributed by atoms with van der Waals surface area (Å²) in [6, 6.07) is 0. The van der Waals surface area contributed by atoms with Gasteiger partial charge in [-0.3, -0.25) is 4.79 Å². The van der Waals surface area contributed by atoms with E-state index in [4.69, 9.17) is 0 Å². The Bertz CT molecular complexity index is 608. The number of carbonyl (C=O) groups is 1. The third-order valence-corrected chi connectivity index (χ3v) is 3.44. The fourth-order valence-electron chi connectivity index (χ4n) is 2.54. The van der Waals surface area contributed by atoms with Crippen LogP contribution >= 0.6 is 0 Å². The largest absolute Gasteiger partial charge is 0.450 e. The molecule has 3 rings (SSSR count). The number of hydrogen-bond donors (Lipinski definition) is 1. The zero-order chi connectivity index (χ0) is 14.3. The zero-order valence-electron chi connectivity index (χ0n) is 10.3. The average molecular weight is 280 g/mol. The Morgan fingerprint density at radius 2 is 1.95 bits per heavy atom. The first-order chi connectivity index (χ1) is 9.45. The Morgan fingerprint density at radius 1 is 1.25 bits per heavy atom. The van der Waals surface area contributed by atoms with Gasteiger partial charge in [-0.25, -0.2) is 4.99 Å². The number of amidine groups is 1. The monoisotopic (exact) mass is 280 g/mol. The summed E-state index contributed by atoms with van der Waals surface area (Å²) in [7, 11) is 0. The number of halogens is 3. The number of carbonyl (C=O) groups excluding carboxylic acids is 1. The Labute approximate surface area is 113 Å². The molecule has 0 aromatic heterocycles. The van der Waals surface area contributed by atoms with Crippen molar-refractivity contribution in [1.82, 2.24) is 5.32 Å². The van der Waals surface area contributed by atoms with Gasteiger partial charge in [-0.2, -0.15) is 13.2 Å². The van der Waals surface area contributed by atoms with Gasteiger partial charge in [0, 0.05) is 11.6 Å². The minimum absolute atomic E-state index is 0.00902. The predicted octanol–water partition coefficient (Wildman–Crippen LogP) is 2.65. The maximum atomic E-state index is 12.3. The van der Waals surface area contributed by atoms with Gasteiger partial charge in [0.05, 0.1) is 18.0 Å². The van der Waals surface area contributed by atoms with Crippen LogP contribution in [0.5, 0.6) is 0 Å². The lowest BCUT2D eigenvalue weighted by Crippen LogP contribution is -2.39. The van der Waals surface area contributed by atoms with E-state index in [1.54, 1.807) is 12.2 Å². The van der Waals surface area contributed by atoms with Crippen LogP contribution in [0, 0.1) is 11.8 Å². The van der Waals surface area contributed by atoms with Gasteiger partial charge in [0.2, 0.25) is 5.78 Å². The van der Waals surface area contributed by atoms with Gasteiger partial charge < -0.3 is 5.32 Å². The lowest BCUT2D eigenvalue weighted by molar-refractivity contribution is -0.169. The topological polar surface area (TPSA) is 41.5 Å². The lowest BCUT2D eigenvalue weighted by Gasteiger charge is -2.34. The fourth-order valence-corrected chi connectivity index (χ4v) is 2.54.